The van der Waals surface area contributed by atoms with Crippen LogP contribution >= 0.6 is 0 Å². The summed E-state index contributed by atoms with van der Waals surface area (Å²) >= 11 is 0. The Morgan fingerprint density at radius 2 is 2.25 bits per heavy atom. The number of rotatable bonds is 6. The van der Waals surface area contributed by atoms with Crippen molar-refractivity contribution in [3.05, 3.63) is 18.1 Å². The summed E-state index contributed by atoms with van der Waals surface area (Å²) in [7, 11) is 0. The first-order chi connectivity index (χ1) is 7.77. The average molecular weight is 226 g/mol. The van der Waals surface area contributed by atoms with Gasteiger partial charge in [0, 0.05) is 6.61 Å². The van der Waals surface area contributed by atoms with Crippen molar-refractivity contribution in [3.63, 3.8) is 0 Å². The van der Waals surface area contributed by atoms with Gasteiger partial charge in [-0.3, -0.25) is 0 Å². The van der Waals surface area contributed by atoms with Gasteiger partial charge in [0.2, 0.25) is 5.88 Å². The third-order valence-corrected chi connectivity index (χ3v) is 1.68. The molecule has 0 saturated carbocycles. The van der Waals surface area contributed by atoms with Crippen LogP contribution in [0.1, 0.15) is 12.6 Å². The van der Waals surface area contributed by atoms with E-state index in [9.17, 15) is 0 Å². The van der Waals surface area contributed by atoms with E-state index < -0.39 is 0 Å². The topological polar surface area (TPSA) is 103 Å². The molecule has 0 spiro atoms. The van der Waals surface area contributed by atoms with E-state index in [-0.39, 0.29) is 5.84 Å². The van der Waals surface area contributed by atoms with Crippen LogP contribution in [0.5, 0.6) is 5.88 Å². The van der Waals surface area contributed by atoms with Gasteiger partial charge in [-0.05, 0) is 6.92 Å². The molecule has 1 aromatic heterocycles. The van der Waals surface area contributed by atoms with Crippen molar-refractivity contribution < 1.29 is 14.7 Å². The molecule has 88 valence electrons. The molecule has 0 unspecified atom stereocenters. The summed E-state index contributed by atoms with van der Waals surface area (Å²) in [5, 5.41) is 11.2. The van der Waals surface area contributed by atoms with E-state index >= 15 is 0 Å². The van der Waals surface area contributed by atoms with E-state index in [0.717, 1.165) is 0 Å². The highest BCUT2D eigenvalue weighted by atomic mass is 16.5. The lowest BCUT2D eigenvalue weighted by molar-refractivity contribution is 0.108. The molecule has 0 aliphatic carbocycles. The second kappa shape index (κ2) is 6.57. The Morgan fingerprint density at radius 1 is 1.44 bits per heavy atom. The second-order valence-electron chi connectivity index (χ2n) is 2.77. The molecule has 1 rings (SSSR count). The second-order valence-corrected chi connectivity index (χ2v) is 2.77. The summed E-state index contributed by atoms with van der Waals surface area (Å²) in [5.74, 6) is 0.280. The van der Waals surface area contributed by atoms with Gasteiger partial charge in [-0.1, -0.05) is 5.16 Å². The van der Waals surface area contributed by atoms with Gasteiger partial charge < -0.3 is 20.4 Å². The molecule has 0 aromatic carbocycles. The minimum absolute atomic E-state index is 0.0895. The van der Waals surface area contributed by atoms with E-state index in [1.807, 2.05) is 6.92 Å². The minimum Gasteiger partial charge on any atom is -0.474 e. The number of hydrogen-bond acceptors (Lipinski definition) is 6. The fourth-order valence-corrected chi connectivity index (χ4v) is 0.924. The summed E-state index contributed by atoms with van der Waals surface area (Å²) in [4.78, 5) is 7.84. The largest absolute Gasteiger partial charge is 0.474 e. The normalized spacial score (nSPS) is 11.4. The third-order valence-electron chi connectivity index (χ3n) is 1.68. The van der Waals surface area contributed by atoms with Crippen molar-refractivity contribution in [2.45, 2.75) is 6.92 Å². The van der Waals surface area contributed by atoms with Crippen molar-refractivity contribution in [2.24, 2.45) is 10.9 Å². The Kier molecular flexibility index (Phi) is 5.00. The molecular weight excluding hydrogens is 212 g/mol. The number of hydrogen-bond donors (Lipinski definition) is 2. The van der Waals surface area contributed by atoms with Gasteiger partial charge in [0.05, 0.1) is 19.0 Å². The smallest absolute Gasteiger partial charge is 0.232 e. The molecule has 3 N–H and O–H groups in total. The van der Waals surface area contributed by atoms with Gasteiger partial charge >= 0.3 is 0 Å². The summed E-state index contributed by atoms with van der Waals surface area (Å²) in [6.45, 7) is 3.47. The number of aromatic nitrogens is 2. The molecule has 1 aromatic rings. The number of nitrogens with zero attached hydrogens (tertiary/aromatic N) is 3. The van der Waals surface area contributed by atoms with Crippen LogP contribution in [0.3, 0.4) is 0 Å². The monoisotopic (exact) mass is 226 g/mol. The first-order valence-corrected chi connectivity index (χ1v) is 4.78. The highest BCUT2D eigenvalue weighted by molar-refractivity contribution is 5.94. The van der Waals surface area contributed by atoms with Crippen LogP contribution in [0.15, 0.2) is 17.5 Å². The van der Waals surface area contributed by atoms with Gasteiger partial charge in [0.1, 0.15) is 12.3 Å². The van der Waals surface area contributed by atoms with Crippen molar-refractivity contribution in [2.75, 3.05) is 19.8 Å². The first-order valence-electron chi connectivity index (χ1n) is 4.78. The molecular formula is C9H14N4O3. The van der Waals surface area contributed by atoms with Crippen LogP contribution in [0.2, 0.25) is 0 Å². The van der Waals surface area contributed by atoms with Crippen LogP contribution in [-0.4, -0.2) is 40.8 Å². The predicted octanol–water partition coefficient (Wildman–Crippen LogP) is -0.0136. The molecule has 7 heteroatoms. The van der Waals surface area contributed by atoms with E-state index in [0.29, 0.717) is 31.4 Å². The third kappa shape index (κ3) is 3.70. The zero-order valence-electron chi connectivity index (χ0n) is 8.96. The van der Waals surface area contributed by atoms with Gasteiger partial charge in [-0.25, -0.2) is 9.97 Å². The molecule has 7 nitrogen and oxygen atoms in total. The molecule has 0 aliphatic rings. The molecule has 0 fully saturated rings. The van der Waals surface area contributed by atoms with Crippen molar-refractivity contribution in [3.8, 4) is 5.88 Å². The highest BCUT2D eigenvalue weighted by Crippen LogP contribution is 2.03. The molecule has 0 amide bonds. The van der Waals surface area contributed by atoms with Crippen LogP contribution in [-0.2, 0) is 4.74 Å². The molecule has 0 saturated heterocycles. The Hall–Kier alpha value is -1.89. The Labute approximate surface area is 92.9 Å². The molecule has 16 heavy (non-hydrogen) atoms. The van der Waals surface area contributed by atoms with E-state index in [4.69, 9.17) is 20.4 Å². The minimum atomic E-state index is -0.0895. The maximum atomic E-state index is 8.41. The number of amidine groups is 1. The summed E-state index contributed by atoms with van der Waals surface area (Å²) in [5.41, 5.74) is 5.61. The van der Waals surface area contributed by atoms with E-state index in [2.05, 4.69) is 15.1 Å². The highest BCUT2D eigenvalue weighted by Gasteiger charge is 2.02. The Bertz CT molecular complexity index is 339. The van der Waals surface area contributed by atoms with Crippen LogP contribution in [0, 0.1) is 0 Å². The van der Waals surface area contributed by atoms with Gasteiger partial charge in [0.15, 0.2) is 5.84 Å². The first kappa shape index (κ1) is 12.2. The number of nitrogens with two attached hydrogens (primary N) is 1. The van der Waals surface area contributed by atoms with E-state index in [1.165, 1.54) is 12.4 Å². The fourth-order valence-electron chi connectivity index (χ4n) is 0.924. The van der Waals surface area contributed by atoms with Crippen molar-refractivity contribution in [1.82, 2.24) is 9.97 Å². The molecule has 0 aliphatic heterocycles. The summed E-state index contributed by atoms with van der Waals surface area (Å²) in [6.07, 6.45) is 2.77. The quantitative estimate of drug-likeness (QED) is 0.232. The van der Waals surface area contributed by atoms with Gasteiger partial charge in [-0.15, -0.1) is 0 Å². The van der Waals surface area contributed by atoms with Crippen LogP contribution in [0.25, 0.3) is 0 Å². The lowest BCUT2D eigenvalue weighted by Crippen LogP contribution is -2.15. The lowest BCUT2D eigenvalue weighted by Gasteiger charge is -2.04. The Morgan fingerprint density at radius 3 is 2.81 bits per heavy atom. The molecule has 0 bridgehead atoms. The zero-order chi connectivity index (χ0) is 11.8. The zero-order valence-corrected chi connectivity index (χ0v) is 8.96. The van der Waals surface area contributed by atoms with Crippen LogP contribution in [0.4, 0.5) is 0 Å². The predicted molar refractivity (Wildman–Crippen MR) is 56.5 cm³/mol. The summed E-state index contributed by atoms with van der Waals surface area (Å²) < 4.78 is 10.3. The van der Waals surface area contributed by atoms with Crippen LogP contribution < -0.4 is 10.5 Å². The van der Waals surface area contributed by atoms with E-state index in [1.54, 1.807) is 0 Å². The Balaban J connectivity index is 2.45. The standard InChI is InChI=1S/C9H14N4O3/c1-2-15-3-4-16-8-6-11-7(5-12-8)9(10)13-14/h5-6,14H,2-4H2,1H3,(H2,10,13). The fraction of sp³-hybridized carbons (Fsp3) is 0.444. The molecule has 1 heterocycles. The maximum absolute atomic E-state index is 8.41. The van der Waals surface area contributed by atoms with Gasteiger partial charge in [-0.2, -0.15) is 0 Å². The maximum Gasteiger partial charge on any atom is 0.232 e. The number of oxime groups is 1. The number of ether oxygens (including phenoxy) is 2. The van der Waals surface area contributed by atoms with Crippen molar-refractivity contribution >= 4 is 5.84 Å². The molecule has 0 atom stereocenters. The summed E-state index contributed by atoms with van der Waals surface area (Å²) in [6, 6.07) is 0. The lowest BCUT2D eigenvalue weighted by atomic mass is 10.4. The average Bonchev–Trinajstić information content (AvgIpc) is 2.34. The van der Waals surface area contributed by atoms with Crippen molar-refractivity contribution in [1.29, 1.82) is 0 Å². The molecule has 0 radical (unpaired) electrons. The van der Waals surface area contributed by atoms with Gasteiger partial charge in [0.25, 0.3) is 0 Å². The SMILES string of the molecule is CCOCCOc1cnc(C(N)=NO)cn1.